The number of piperidine rings is 1. The molecule has 0 spiro atoms. The Morgan fingerprint density at radius 1 is 1.03 bits per heavy atom. The molecule has 0 aromatic heterocycles. The van der Waals surface area contributed by atoms with Gasteiger partial charge in [-0.15, -0.1) is 0 Å². The molecule has 0 bridgehead atoms. The van der Waals surface area contributed by atoms with Crippen molar-refractivity contribution >= 4 is 41.1 Å². The van der Waals surface area contributed by atoms with Crippen molar-refractivity contribution < 1.29 is 33.1 Å². The number of imide groups is 1. The minimum atomic E-state index is -1.31. The van der Waals surface area contributed by atoms with Gasteiger partial charge in [0.1, 0.15) is 6.04 Å². The Morgan fingerprint density at radius 2 is 1.72 bits per heavy atom. The SMILES string of the molecule is O=C(NC(=O)c1cc(F)c(F)cc1Cl)Nc1ccccc1C(=O)N1CCCCC1C(=O)O. The summed E-state index contributed by atoms with van der Waals surface area (Å²) in [6.07, 6.45) is 1.65. The van der Waals surface area contributed by atoms with Crippen molar-refractivity contribution in [3.05, 3.63) is 64.2 Å². The summed E-state index contributed by atoms with van der Waals surface area (Å²) < 4.78 is 26.6. The summed E-state index contributed by atoms with van der Waals surface area (Å²) >= 11 is 5.73. The fourth-order valence-electron chi connectivity index (χ4n) is 3.39. The normalized spacial score (nSPS) is 15.7. The maximum absolute atomic E-state index is 13.4. The molecule has 1 aliphatic rings. The molecule has 168 valence electrons. The fraction of sp³-hybridized carbons (Fsp3) is 0.238. The zero-order valence-corrected chi connectivity index (χ0v) is 17.3. The molecule has 1 fully saturated rings. The van der Waals surface area contributed by atoms with Crippen LogP contribution >= 0.6 is 11.6 Å². The average molecular weight is 466 g/mol. The summed E-state index contributed by atoms with van der Waals surface area (Å²) in [5.74, 6) is -5.35. The van der Waals surface area contributed by atoms with Crippen LogP contribution in [0.5, 0.6) is 0 Å². The number of rotatable bonds is 4. The number of para-hydroxylation sites is 1. The Labute approximate surface area is 186 Å². The van der Waals surface area contributed by atoms with Gasteiger partial charge in [0.05, 0.1) is 21.8 Å². The molecule has 3 N–H and O–H groups in total. The predicted molar refractivity (Wildman–Crippen MR) is 111 cm³/mol. The van der Waals surface area contributed by atoms with Crippen LogP contribution in [0.3, 0.4) is 0 Å². The third-order valence-corrected chi connectivity index (χ3v) is 5.25. The first-order valence-electron chi connectivity index (χ1n) is 9.58. The summed E-state index contributed by atoms with van der Waals surface area (Å²) in [6, 6.07) is 5.03. The molecule has 3 rings (SSSR count). The van der Waals surface area contributed by atoms with Crippen LogP contribution in [-0.2, 0) is 4.79 Å². The van der Waals surface area contributed by atoms with E-state index in [4.69, 9.17) is 11.6 Å². The van der Waals surface area contributed by atoms with Gasteiger partial charge >= 0.3 is 12.0 Å². The molecule has 11 heteroatoms. The van der Waals surface area contributed by atoms with E-state index in [1.165, 1.54) is 23.1 Å². The standard InChI is InChI=1S/C21H18ClF2N3O5/c22-13-10-15(24)14(23)9-12(13)18(28)26-21(32)25-16-6-2-1-5-11(16)19(29)27-8-4-3-7-17(27)20(30)31/h1-2,5-6,9-10,17H,3-4,7-8H2,(H,30,31)(H2,25,26,28,32). The second-order valence-corrected chi connectivity index (χ2v) is 7.46. The zero-order valence-electron chi connectivity index (χ0n) is 16.5. The van der Waals surface area contributed by atoms with E-state index >= 15 is 0 Å². The number of aliphatic carboxylic acids is 1. The Bertz CT molecular complexity index is 1100. The number of carboxylic acid groups (broad SMARTS) is 1. The van der Waals surface area contributed by atoms with Gasteiger partial charge in [-0.2, -0.15) is 0 Å². The fourth-order valence-corrected chi connectivity index (χ4v) is 3.62. The van der Waals surface area contributed by atoms with Gasteiger partial charge in [-0.1, -0.05) is 23.7 Å². The second kappa shape index (κ2) is 9.73. The average Bonchev–Trinajstić information content (AvgIpc) is 2.76. The van der Waals surface area contributed by atoms with Gasteiger partial charge in [0.2, 0.25) is 0 Å². The topological polar surface area (TPSA) is 116 Å². The molecule has 2 aromatic rings. The van der Waals surface area contributed by atoms with Gasteiger partial charge in [0, 0.05) is 6.54 Å². The summed E-state index contributed by atoms with van der Waals surface area (Å²) in [5.41, 5.74) is -0.384. The van der Waals surface area contributed by atoms with Crippen molar-refractivity contribution in [3.63, 3.8) is 0 Å². The van der Waals surface area contributed by atoms with Gasteiger partial charge in [-0.05, 0) is 43.5 Å². The number of anilines is 1. The molecule has 1 atom stereocenters. The van der Waals surface area contributed by atoms with Crippen LogP contribution in [0.4, 0.5) is 19.3 Å². The largest absolute Gasteiger partial charge is 0.480 e. The van der Waals surface area contributed by atoms with E-state index in [-0.39, 0.29) is 17.8 Å². The van der Waals surface area contributed by atoms with E-state index in [1.54, 1.807) is 6.07 Å². The molecule has 0 saturated carbocycles. The summed E-state index contributed by atoms with van der Waals surface area (Å²) in [6.45, 7) is 0.253. The van der Waals surface area contributed by atoms with E-state index in [2.05, 4.69) is 5.32 Å². The zero-order chi connectivity index (χ0) is 23.4. The van der Waals surface area contributed by atoms with E-state index in [0.717, 1.165) is 0 Å². The lowest BCUT2D eigenvalue weighted by Crippen LogP contribution is -2.48. The van der Waals surface area contributed by atoms with Crippen LogP contribution in [0.25, 0.3) is 0 Å². The first-order valence-corrected chi connectivity index (χ1v) is 9.96. The number of nitrogens with one attached hydrogen (secondary N) is 2. The molecular formula is C21H18ClF2N3O5. The van der Waals surface area contributed by atoms with Gasteiger partial charge in [0.15, 0.2) is 11.6 Å². The highest BCUT2D eigenvalue weighted by molar-refractivity contribution is 6.34. The number of carboxylic acids is 1. The first-order chi connectivity index (χ1) is 15.2. The third kappa shape index (κ3) is 5.02. The molecule has 0 radical (unpaired) electrons. The lowest BCUT2D eigenvalue weighted by Gasteiger charge is -2.33. The highest BCUT2D eigenvalue weighted by Crippen LogP contribution is 2.24. The highest BCUT2D eigenvalue weighted by atomic mass is 35.5. The lowest BCUT2D eigenvalue weighted by molar-refractivity contribution is -0.143. The van der Waals surface area contributed by atoms with Gasteiger partial charge < -0.3 is 15.3 Å². The number of likely N-dealkylation sites (tertiary alicyclic amines) is 1. The number of hydrogen-bond donors (Lipinski definition) is 3. The summed E-state index contributed by atoms with van der Waals surface area (Å²) in [5, 5.41) is 13.3. The summed E-state index contributed by atoms with van der Waals surface area (Å²) in [7, 11) is 0. The number of halogens is 3. The van der Waals surface area contributed by atoms with E-state index in [1.807, 2.05) is 5.32 Å². The van der Waals surface area contributed by atoms with Crippen molar-refractivity contribution in [2.75, 3.05) is 11.9 Å². The maximum atomic E-state index is 13.4. The van der Waals surface area contributed by atoms with E-state index in [0.29, 0.717) is 31.4 Å². The van der Waals surface area contributed by atoms with Gasteiger partial charge in [-0.3, -0.25) is 14.9 Å². The van der Waals surface area contributed by atoms with Gasteiger partial charge in [-0.25, -0.2) is 18.4 Å². The molecule has 1 saturated heterocycles. The van der Waals surface area contributed by atoms with Crippen molar-refractivity contribution in [2.45, 2.75) is 25.3 Å². The second-order valence-electron chi connectivity index (χ2n) is 7.05. The van der Waals surface area contributed by atoms with Crippen LogP contribution in [0.2, 0.25) is 5.02 Å². The molecule has 4 amide bonds. The number of benzene rings is 2. The number of urea groups is 1. The first kappa shape index (κ1) is 23.1. The molecule has 1 aliphatic heterocycles. The van der Waals surface area contributed by atoms with E-state index < -0.39 is 52.1 Å². The molecule has 1 heterocycles. The van der Waals surface area contributed by atoms with Crippen LogP contribution in [0.15, 0.2) is 36.4 Å². The number of amides is 4. The highest BCUT2D eigenvalue weighted by Gasteiger charge is 2.33. The van der Waals surface area contributed by atoms with Crippen molar-refractivity contribution in [1.29, 1.82) is 0 Å². The number of carbonyl (C=O) groups is 4. The van der Waals surface area contributed by atoms with Crippen molar-refractivity contribution in [2.24, 2.45) is 0 Å². The smallest absolute Gasteiger partial charge is 0.326 e. The van der Waals surface area contributed by atoms with Crippen molar-refractivity contribution in [3.8, 4) is 0 Å². The quantitative estimate of drug-likeness (QED) is 0.596. The molecule has 8 nitrogen and oxygen atoms in total. The molecular weight excluding hydrogens is 448 g/mol. The van der Waals surface area contributed by atoms with Crippen LogP contribution in [-0.4, -0.2) is 46.4 Å². The van der Waals surface area contributed by atoms with Gasteiger partial charge in [0.25, 0.3) is 11.8 Å². The molecule has 32 heavy (non-hydrogen) atoms. The Kier molecular flexibility index (Phi) is 7.04. The molecule has 1 unspecified atom stereocenters. The molecule has 2 aromatic carbocycles. The maximum Gasteiger partial charge on any atom is 0.326 e. The van der Waals surface area contributed by atoms with Crippen molar-refractivity contribution in [1.82, 2.24) is 10.2 Å². The lowest BCUT2D eigenvalue weighted by atomic mass is 10.0. The van der Waals surface area contributed by atoms with Crippen LogP contribution in [0, 0.1) is 11.6 Å². The predicted octanol–water partition coefficient (Wildman–Crippen LogP) is 3.66. The Hall–Kier alpha value is -3.53. The van der Waals surface area contributed by atoms with E-state index in [9.17, 15) is 33.1 Å². The van der Waals surface area contributed by atoms with Crippen LogP contribution in [0.1, 0.15) is 40.0 Å². The van der Waals surface area contributed by atoms with Crippen LogP contribution < -0.4 is 10.6 Å². The minimum absolute atomic E-state index is 0.0360. The Morgan fingerprint density at radius 3 is 2.44 bits per heavy atom. The number of carbonyl (C=O) groups excluding carboxylic acids is 3. The minimum Gasteiger partial charge on any atom is -0.480 e. The summed E-state index contributed by atoms with van der Waals surface area (Å²) in [4.78, 5) is 50.3. The Balaban J connectivity index is 1.77. The third-order valence-electron chi connectivity index (χ3n) is 4.94. The monoisotopic (exact) mass is 465 g/mol. The number of nitrogens with zero attached hydrogens (tertiary/aromatic N) is 1. The number of hydrogen-bond acceptors (Lipinski definition) is 4. The molecule has 0 aliphatic carbocycles.